The molecular weight excluding hydrogens is 294 g/mol. The number of hydrogen-bond donors (Lipinski definition) is 3. The van der Waals surface area contributed by atoms with Gasteiger partial charge in [0.15, 0.2) is 5.69 Å². The van der Waals surface area contributed by atoms with Crippen molar-refractivity contribution in [1.29, 1.82) is 0 Å². The number of morpholine rings is 1. The molecule has 0 saturated carbocycles. The lowest BCUT2D eigenvalue weighted by Crippen LogP contribution is -2.33. The molecule has 3 N–H and O–H groups in total. The van der Waals surface area contributed by atoms with Gasteiger partial charge in [-0.25, -0.2) is 0 Å². The normalized spacial score (nSPS) is 17.9. The highest BCUT2D eigenvalue weighted by Crippen LogP contribution is 2.19. The number of H-pyrrole nitrogens is 1. The molecular formula is C16H21N5O2. The summed E-state index contributed by atoms with van der Waals surface area (Å²) in [4.78, 5) is 16.7. The molecule has 0 spiro atoms. The first-order chi connectivity index (χ1) is 11.2. The van der Waals surface area contributed by atoms with E-state index in [-0.39, 0.29) is 12.0 Å². The first kappa shape index (κ1) is 15.6. The van der Waals surface area contributed by atoms with E-state index < -0.39 is 0 Å². The predicted octanol–water partition coefficient (Wildman–Crippen LogP) is 1.59. The summed E-state index contributed by atoms with van der Waals surface area (Å²) in [6.45, 7) is 6.22. The Labute approximate surface area is 134 Å². The maximum absolute atomic E-state index is 12.3. The highest BCUT2D eigenvalue weighted by atomic mass is 16.5. The van der Waals surface area contributed by atoms with Crippen LogP contribution in [-0.4, -0.2) is 40.8 Å². The third-order valence-electron chi connectivity index (χ3n) is 3.98. The molecule has 0 aromatic carbocycles. The topological polar surface area (TPSA) is 91.9 Å². The van der Waals surface area contributed by atoms with Crippen LogP contribution >= 0.6 is 0 Å². The van der Waals surface area contributed by atoms with Gasteiger partial charge in [0, 0.05) is 24.3 Å². The van der Waals surface area contributed by atoms with E-state index in [4.69, 9.17) is 4.74 Å². The number of aromatic nitrogens is 3. The van der Waals surface area contributed by atoms with Gasteiger partial charge in [-0.2, -0.15) is 5.10 Å². The van der Waals surface area contributed by atoms with Crippen molar-refractivity contribution >= 4 is 11.6 Å². The van der Waals surface area contributed by atoms with Crippen LogP contribution in [0.5, 0.6) is 0 Å². The van der Waals surface area contributed by atoms with E-state index >= 15 is 0 Å². The van der Waals surface area contributed by atoms with Gasteiger partial charge >= 0.3 is 0 Å². The van der Waals surface area contributed by atoms with Crippen LogP contribution < -0.4 is 10.6 Å². The Balaban J connectivity index is 1.67. The van der Waals surface area contributed by atoms with Crippen molar-refractivity contribution in [1.82, 2.24) is 20.5 Å². The molecule has 1 aliphatic rings. The van der Waals surface area contributed by atoms with Gasteiger partial charge < -0.3 is 15.4 Å². The van der Waals surface area contributed by atoms with Gasteiger partial charge in [-0.15, -0.1) is 0 Å². The smallest absolute Gasteiger partial charge is 0.276 e. The van der Waals surface area contributed by atoms with Crippen LogP contribution in [0.2, 0.25) is 0 Å². The summed E-state index contributed by atoms with van der Waals surface area (Å²) in [7, 11) is 0. The summed E-state index contributed by atoms with van der Waals surface area (Å²) in [5, 5.41) is 13.1. The molecule has 122 valence electrons. The van der Waals surface area contributed by atoms with Gasteiger partial charge in [-0.1, -0.05) is 6.92 Å². The fraction of sp³-hybridized carbons (Fsp3) is 0.438. The molecule has 7 nitrogen and oxygen atoms in total. The molecule has 0 unspecified atom stereocenters. The Bertz CT molecular complexity index is 674. The van der Waals surface area contributed by atoms with Gasteiger partial charge in [0.1, 0.15) is 6.10 Å². The second-order valence-electron chi connectivity index (χ2n) is 5.52. The van der Waals surface area contributed by atoms with Crippen molar-refractivity contribution < 1.29 is 9.53 Å². The number of rotatable bonds is 4. The summed E-state index contributed by atoms with van der Waals surface area (Å²) in [6.07, 6.45) is 2.43. The zero-order chi connectivity index (χ0) is 16.2. The number of pyridine rings is 1. The number of nitrogens with one attached hydrogen (secondary N) is 3. The van der Waals surface area contributed by atoms with Crippen molar-refractivity contribution in [3.8, 4) is 0 Å². The van der Waals surface area contributed by atoms with E-state index in [0.29, 0.717) is 18.0 Å². The Morgan fingerprint density at radius 2 is 2.35 bits per heavy atom. The SMILES string of the molecule is CCc1[nH]nc(C(=O)Nc2ccc([C@@H]3CNCCO3)nc2)c1C. The highest BCUT2D eigenvalue weighted by Gasteiger charge is 2.18. The molecule has 1 amide bonds. The number of ether oxygens (including phenoxy) is 1. The summed E-state index contributed by atoms with van der Waals surface area (Å²) in [5.74, 6) is -0.233. The molecule has 0 bridgehead atoms. The zero-order valence-electron chi connectivity index (χ0n) is 13.3. The first-order valence-corrected chi connectivity index (χ1v) is 7.82. The van der Waals surface area contributed by atoms with E-state index in [1.165, 1.54) is 0 Å². The summed E-state index contributed by atoms with van der Waals surface area (Å²) < 4.78 is 5.66. The van der Waals surface area contributed by atoms with Crippen molar-refractivity contribution in [3.05, 3.63) is 41.0 Å². The molecule has 3 rings (SSSR count). The maximum atomic E-state index is 12.3. The van der Waals surface area contributed by atoms with E-state index in [1.54, 1.807) is 6.20 Å². The molecule has 1 aliphatic heterocycles. The van der Waals surface area contributed by atoms with Crippen LogP contribution in [0.3, 0.4) is 0 Å². The van der Waals surface area contributed by atoms with E-state index in [0.717, 1.165) is 36.5 Å². The average molecular weight is 315 g/mol. The number of carbonyl (C=O) groups excluding carboxylic acids is 1. The van der Waals surface area contributed by atoms with Crippen molar-refractivity contribution in [2.45, 2.75) is 26.4 Å². The number of hydrogen-bond acceptors (Lipinski definition) is 5. The Morgan fingerprint density at radius 1 is 1.48 bits per heavy atom. The van der Waals surface area contributed by atoms with Crippen molar-refractivity contribution in [2.75, 3.05) is 25.0 Å². The van der Waals surface area contributed by atoms with E-state index in [2.05, 4.69) is 25.8 Å². The number of amides is 1. The third kappa shape index (κ3) is 3.40. The number of anilines is 1. The molecule has 3 heterocycles. The molecule has 7 heteroatoms. The highest BCUT2D eigenvalue weighted by molar-refractivity contribution is 6.03. The standard InChI is InChI=1S/C16H21N5O2/c1-3-12-10(2)15(21-20-12)16(22)19-11-4-5-13(18-8-11)14-9-17-6-7-23-14/h4-5,8,14,17H,3,6-7,9H2,1-2H3,(H,19,22)(H,20,21)/t14-/m0/s1. The fourth-order valence-electron chi connectivity index (χ4n) is 2.61. The van der Waals surface area contributed by atoms with Gasteiger partial charge in [0.05, 0.1) is 24.2 Å². The van der Waals surface area contributed by atoms with Crippen LogP contribution in [0.4, 0.5) is 5.69 Å². The Kier molecular flexibility index (Phi) is 4.68. The molecule has 0 radical (unpaired) electrons. The predicted molar refractivity (Wildman–Crippen MR) is 86.5 cm³/mol. The minimum Gasteiger partial charge on any atom is -0.369 e. The molecule has 2 aromatic heterocycles. The summed E-state index contributed by atoms with van der Waals surface area (Å²) in [5.41, 5.74) is 3.79. The minimum absolute atomic E-state index is 0.0331. The maximum Gasteiger partial charge on any atom is 0.276 e. The summed E-state index contributed by atoms with van der Waals surface area (Å²) >= 11 is 0. The summed E-state index contributed by atoms with van der Waals surface area (Å²) in [6, 6.07) is 3.71. The van der Waals surface area contributed by atoms with E-state index in [9.17, 15) is 4.79 Å². The number of aryl methyl sites for hydroxylation is 1. The fourth-order valence-corrected chi connectivity index (χ4v) is 2.61. The van der Waals surface area contributed by atoms with Gasteiger partial charge in [-0.05, 0) is 25.5 Å². The lowest BCUT2D eigenvalue weighted by molar-refractivity contribution is 0.0250. The lowest BCUT2D eigenvalue weighted by atomic mass is 10.1. The van der Waals surface area contributed by atoms with Gasteiger partial charge in [0.25, 0.3) is 5.91 Å². The monoisotopic (exact) mass is 315 g/mol. The van der Waals surface area contributed by atoms with Crippen LogP contribution in [0.25, 0.3) is 0 Å². The van der Waals surface area contributed by atoms with Crippen LogP contribution in [0.1, 0.15) is 40.5 Å². The average Bonchev–Trinajstić information content (AvgIpc) is 2.97. The number of aromatic amines is 1. The Morgan fingerprint density at radius 3 is 2.96 bits per heavy atom. The molecule has 1 fully saturated rings. The van der Waals surface area contributed by atoms with Gasteiger partial charge in [0.2, 0.25) is 0 Å². The second kappa shape index (κ2) is 6.89. The van der Waals surface area contributed by atoms with Crippen molar-refractivity contribution in [2.24, 2.45) is 0 Å². The largest absolute Gasteiger partial charge is 0.369 e. The number of nitrogens with zero attached hydrogens (tertiary/aromatic N) is 2. The lowest BCUT2D eigenvalue weighted by Gasteiger charge is -2.23. The van der Waals surface area contributed by atoms with Gasteiger partial charge in [-0.3, -0.25) is 14.9 Å². The quantitative estimate of drug-likeness (QED) is 0.797. The Hall–Kier alpha value is -2.25. The molecule has 0 aliphatic carbocycles. The molecule has 1 saturated heterocycles. The third-order valence-corrected chi connectivity index (χ3v) is 3.98. The zero-order valence-corrected chi connectivity index (χ0v) is 13.3. The molecule has 23 heavy (non-hydrogen) atoms. The van der Waals surface area contributed by atoms with Crippen LogP contribution in [-0.2, 0) is 11.2 Å². The van der Waals surface area contributed by atoms with Crippen LogP contribution in [0.15, 0.2) is 18.3 Å². The van der Waals surface area contributed by atoms with Crippen molar-refractivity contribution in [3.63, 3.8) is 0 Å². The molecule has 1 atom stereocenters. The van der Waals surface area contributed by atoms with Crippen LogP contribution in [0, 0.1) is 6.92 Å². The molecule has 2 aromatic rings. The van der Waals surface area contributed by atoms with E-state index in [1.807, 2.05) is 26.0 Å². The minimum atomic E-state index is -0.233. The number of carbonyl (C=O) groups is 1. The second-order valence-corrected chi connectivity index (χ2v) is 5.52. The first-order valence-electron chi connectivity index (χ1n) is 7.82.